The first-order chi connectivity index (χ1) is 8.36. The normalized spacial score (nSPS) is 13.5. The van der Waals surface area contributed by atoms with Gasteiger partial charge in [0.15, 0.2) is 0 Å². The van der Waals surface area contributed by atoms with Crippen molar-refractivity contribution in [2.75, 3.05) is 5.43 Å². The zero-order valence-corrected chi connectivity index (χ0v) is 9.48. The molecule has 86 valence electrons. The van der Waals surface area contributed by atoms with Crippen LogP contribution in [0.25, 0.3) is 11.3 Å². The molecule has 4 nitrogen and oxygen atoms in total. The van der Waals surface area contributed by atoms with E-state index in [2.05, 4.69) is 33.6 Å². The lowest BCUT2D eigenvalue weighted by Crippen LogP contribution is -2.10. The van der Waals surface area contributed by atoms with E-state index in [0.29, 0.717) is 5.95 Å². The first-order valence-electron chi connectivity index (χ1n) is 5.78. The summed E-state index contributed by atoms with van der Waals surface area (Å²) in [6.45, 7) is 0. The Balaban J connectivity index is 2.03. The van der Waals surface area contributed by atoms with E-state index in [1.54, 1.807) is 6.20 Å². The maximum atomic E-state index is 5.31. The fourth-order valence-corrected chi connectivity index (χ4v) is 2.32. The van der Waals surface area contributed by atoms with Gasteiger partial charge in [0.05, 0.1) is 5.69 Å². The largest absolute Gasteiger partial charge is 0.292 e. The molecular weight excluding hydrogens is 212 g/mol. The number of nitrogen functional groups attached to an aromatic ring is 1. The van der Waals surface area contributed by atoms with Crippen molar-refractivity contribution in [3.63, 3.8) is 0 Å². The number of nitrogens with two attached hydrogens (primary N) is 1. The summed E-state index contributed by atoms with van der Waals surface area (Å²) in [7, 11) is 0. The Morgan fingerprint density at radius 2 is 2.00 bits per heavy atom. The molecular formula is C13H14N4. The van der Waals surface area contributed by atoms with Gasteiger partial charge in [-0.1, -0.05) is 12.1 Å². The molecule has 1 aromatic heterocycles. The van der Waals surface area contributed by atoms with Crippen molar-refractivity contribution in [2.45, 2.75) is 19.3 Å². The Morgan fingerprint density at radius 3 is 2.88 bits per heavy atom. The molecule has 3 rings (SSSR count). The van der Waals surface area contributed by atoms with Gasteiger partial charge in [-0.2, -0.15) is 0 Å². The lowest BCUT2D eigenvalue weighted by molar-refractivity contribution is 0.912. The van der Waals surface area contributed by atoms with Crippen molar-refractivity contribution in [3.8, 4) is 11.3 Å². The van der Waals surface area contributed by atoms with Crippen LogP contribution in [0.3, 0.4) is 0 Å². The molecule has 0 amide bonds. The van der Waals surface area contributed by atoms with E-state index in [1.165, 1.54) is 30.4 Å². The van der Waals surface area contributed by atoms with Crippen LogP contribution in [-0.4, -0.2) is 9.97 Å². The highest BCUT2D eigenvalue weighted by Crippen LogP contribution is 2.27. The van der Waals surface area contributed by atoms with Crippen LogP contribution >= 0.6 is 0 Å². The van der Waals surface area contributed by atoms with Crippen LogP contribution in [0.15, 0.2) is 30.5 Å². The summed E-state index contributed by atoms with van der Waals surface area (Å²) in [5.41, 5.74) is 7.42. The molecule has 0 saturated carbocycles. The molecule has 3 N–H and O–H groups in total. The van der Waals surface area contributed by atoms with Crippen molar-refractivity contribution < 1.29 is 0 Å². The van der Waals surface area contributed by atoms with Crippen molar-refractivity contribution in [1.82, 2.24) is 9.97 Å². The van der Waals surface area contributed by atoms with Crippen LogP contribution in [0, 0.1) is 0 Å². The van der Waals surface area contributed by atoms with E-state index in [0.717, 1.165) is 11.3 Å². The molecule has 0 spiro atoms. The van der Waals surface area contributed by atoms with E-state index < -0.39 is 0 Å². The quantitative estimate of drug-likeness (QED) is 0.606. The summed E-state index contributed by atoms with van der Waals surface area (Å²) in [5, 5.41) is 0. The van der Waals surface area contributed by atoms with Crippen molar-refractivity contribution in [1.29, 1.82) is 0 Å². The molecule has 0 radical (unpaired) electrons. The minimum absolute atomic E-state index is 0.447. The Kier molecular flexibility index (Phi) is 2.49. The van der Waals surface area contributed by atoms with Crippen LogP contribution < -0.4 is 11.3 Å². The predicted octanol–water partition coefficient (Wildman–Crippen LogP) is 1.92. The first-order valence-corrected chi connectivity index (χ1v) is 5.78. The van der Waals surface area contributed by atoms with Gasteiger partial charge < -0.3 is 0 Å². The highest BCUT2D eigenvalue weighted by atomic mass is 15.3. The van der Waals surface area contributed by atoms with E-state index in [-0.39, 0.29) is 0 Å². The SMILES string of the molecule is NNc1nccc(-c2ccc3c(c2)CCC3)n1. The van der Waals surface area contributed by atoms with E-state index in [4.69, 9.17) is 5.84 Å². The van der Waals surface area contributed by atoms with Gasteiger partial charge in [0.2, 0.25) is 5.95 Å². The summed E-state index contributed by atoms with van der Waals surface area (Å²) in [6, 6.07) is 8.45. The van der Waals surface area contributed by atoms with Crippen LogP contribution in [0.1, 0.15) is 17.5 Å². The van der Waals surface area contributed by atoms with Crippen LogP contribution in [-0.2, 0) is 12.8 Å². The van der Waals surface area contributed by atoms with Crippen molar-refractivity contribution >= 4 is 5.95 Å². The topological polar surface area (TPSA) is 63.8 Å². The van der Waals surface area contributed by atoms with Gasteiger partial charge in [-0.15, -0.1) is 0 Å². The fraction of sp³-hybridized carbons (Fsp3) is 0.231. The third-order valence-corrected chi connectivity index (χ3v) is 3.18. The minimum Gasteiger partial charge on any atom is -0.292 e. The number of nitrogens with zero attached hydrogens (tertiary/aromatic N) is 2. The average molecular weight is 226 g/mol. The van der Waals surface area contributed by atoms with Gasteiger partial charge in [-0.3, -0.25) is 5.43 Å². The monoisotopic (exact) mass is 226 g/mol. The second kappa shape index (κ2) is 4.14. The number of hydrazine groups is 1. The molecule has 4 heteroatoms. The van der Waals surface area contributed by atoms with Gasteiger partial charge >= 0.3 is 0 Å². The molecule has 1 aliphatic rings. The molecule has 0 aliphatic heterocycles. The Hall–Kier alpha value is -1.94. The van der Waals surface area contributed by atoms with Gasteiger partial charge in [-0.05, 0) is 42.5 Å². The van der Waals surface area contributed by atoms with Crippen molar-refractivity contribution in [3.05, 3.63) is 41.6 Å². The Morgan fingerprint density at radius 1 is 1.12 bits per heavy atom. The number of aryl methyl sites for hydroxylation is 2. The van der Waals surface area contributed by atoms with Crippen LogP contribution in [0.4, 0.5) is 5.95 Å². The number of anilines is 1. The molecule has 1 aliphatic carbocycles. The Bertz CT molecular complexity index is 551. The van der Waals surface area contributed by atoms with E-state index in [9.17, 15) is 0 Å². The summed E-state index contributed by atoms with van der Waals surface area (Å²) in [4.78, 5) is 8.35. The predicted molar refractivity (Wildman–Crippen MR) is 67.3 cm³/mol. The molecule has 2 aromatic rings. The molecule has 0 unspecified atom stereocenters. The fourth-order valence-electron chi connectivity index (χ4n) is 2.32. The standard InChI is InChI=1S/C13H14N4/c14-17-13-15-7-6-12(16-13)11-5-4-9-2-1-3-10(9)8-11/h4-8H,1-3,14H2,(H,15,16,17). The van der Waals surface area contributed by atoms with Gasteiger partial charge in [0, 0.05) is 11.8 Å². The number of fused-ring (bicyclic) bond motifs is 1. The third-order valence-electron chi connectivity index (χ3n) is 3.18. The molecule has 1 heterocycles. The summed E-state index contributed by atoms with van der Waals surface area (Å²) in [6.07, 6.45) is 5.36. The molecule has 0 saturated heterocycles. The first kappa shape index (κ1) is 10.2. The summed E-state index contributed by atoms with van der Waals surface area (Å²) >= 11 is 0. The number of hydrogen-bond donors (Lipinski definition) is 2. The number of hydrogen-bond acceptors (Lipinski definition) is 4. The van der Waals surface area contributed by atoms with Crippen LogP contribution in [0.5, 0.6) is 0 Å². The van der Waals surface area contributed by atoms with Crippen LogP contribution in [0.2, 0.25) is 0 Å². The zero-order chi connectivity index (χ0) is 11.7. The van der Waals surface area contributed by atoms with Gasteiger partial charge in [0.25, 0.3) is 0 Å². The highest BCUT2D eigenvalue weighted by molar-refractivity contribution is 5.62. The number of benzene rings is 1. The molecule has 17 heavy (non-hydrogen) atoms. The molecule has 0 fully saturated rings. The maximum Gasteiger partial charge on any atom is 0.237 e. The highest BCUT2D eigenvalue weighted by Gasteiger charge is 2.11. The lowest BCUT2D eigenvalue weighted by atomic mass is 10.0. The molecule has 1 aromatic carbocycles. The maximum absolute atomic E-state index is 5.31. The third kappa shape index (κ3) is 1.87. The lowest BCUT2D eigenvalue weighted by Gasteiger charge is -2.05. The Labute approximate surface area is 99.9 Å². The summed E-state index contributed by atoms with van der Waals surface area (Å²) in [5.74, 6) is 5.76. The second-order valence-electron chi connectivity index (χ2n) is 4.25. The van der Waals surface area contributed by atoms with E-state index >= 15 is 0 Å². The average Bonchev–Trinajstić information content (AvgIpc) is 2.86. The number of nitrogens with one attached hydrogen (secondary N) is 1. The second-order valence-corrected chi connectivity index (χ2v) is 4.25. The zero-order valence-electron chi connectivity index (χ0n) is 9.48. The number of aromatic nitrogens is 2. The number of rotatable bonds is 2. The van der Waals surface area contributed by atoms with E-state index in [1.807, 2.05) is 6.07 Å². The summed E-state index contributed by atoms with van der Waals surface area (Å²) < 4.78 is 0. The van der Waals surface area contributed by atoms with Gasteiger partial charge in [-0.25, -0.2) is 15.8 Å². The van der Waals surface area contributed by atoms with Gasteiger partial charge in [0.1, 0.15) is 0 Å². The minimum atomic E-state index is 0.447. The molecule has 0 atom stereocenters. The van der Waals surface area contributed by atoms with Crippen molar-refractivity contribution in [2.24, 2.45) is 5.84 Å². The molecule has 0 bridgehead atoms. The smallest absolute Gasteiger partial charge is 0.237 e.